The lowest BCUT2D eigenvalue weighted by molar-refractivity contribution is -0.139. The van der Waals surface area contributed by atoms with Crippen LogP contribution in [0.25, 0.3) is 11.1 Å². The molecule has 0 radical (unpaired) electrons. The predicted octanol–water partition coefficient (Wildman–Crippen LogP) is 3.94. The lowest BCUT2D eigenvalue weighted by Crippen LogP contribution is -2.43. The minimum absolute atomic E-state index is 0.00182. The molecule has 3 aromatic rings. The first-order valence-electron chi connectivity index (χ1n) is 10.2. The van der Waals surface area contributed by atoms with Crippen molar-refractivity contribution in [2.24, 2.45) is 0 Å². The molecule has 0 aliphatic heterocycles. The van der Waals surface area contributed by atoms with Gasteiger partial charge in [0, 0.05) is 18.4 Å². The number of rotatable bonds is 7. The minimum atomic E-state index is -1.22. The topological polar surface area (TPSA) is 105 Å². The van der Waals surface area contributed by atoms with Gasteiger partial charge < -0.3 is 25.0 Å². The van der Waals surface area contributed by atoms with Gasteiger partial charge in [0.15, 0.2) is 0 Å². The number of nitrogens with one attached hydrogen (secondary N) is 1. The fourth-order valence-corrected chi connectivity index (χ4v) is 4.10. The van der Waals surface area contributed by atoms with Gasteiger partial charge in [-0.25, -0.2) is 9.59 Å². The van der Waals surface area contributed by atoms with Crippen LogP contribution in [0.5, 0.6) is 11.5 Å². The lowest BCUT2D eigenvalue weighted by Gasteiger charge is -2.18. The number of aliphatic carboxylic acids is 1. The Kier molecular flexibility index (Phi) is 5.98. The molecule has 3 aromatic carbocycles. The fourth-order valence-electron chi connectivity index (χ4n) is 4.10. The maximum absolute atomic E-state index is 12.5. The van der Waals surface area contributed by atoms with E-state index in [1.54, 1.807) is 6.07 Å². The van der Waals surface area contributed by atoms with Crippen LogP contribution in [-0.4, -0.2) is 42.0 Å². The number of methoxy groups -OCH3 is 1. The van der Waals surface area contributed by atoms with Crippen molar-refractivity contribution in [1.82, 2.24) is 5.32 Å². The Morgan fingerprint density at radius 2 is 1.62 bits per heavy atom. The highest BCUT2D eigenvalue weighted by Gasteiger charge is 2.30. The maximum atomic E-state index is 12.5. The van der Waals surface area contributed by atoms with E-state index < -0.39 is 18.1 Å². The number of carboxylic acids is 1. The Bertz CT molecular complexity index is 1110. The molecule has 32 heavy (non-hydrogen) atoms. The Hall–Kier alpha value is -4.00. The highest BCUT2D eigenvalue weighted by molar-refractivity contribution is 5.81. The van der Waals surface area contributed by atoms with Gasteiger partial charge in [0.25, 0.3) is 0 Å². The van der Waals surface area contributed by atoms with E-state index in [1.807, 2.05) is 48.5 Å². The summed E-state index contributed by atoms with van der Waals surface area (Å²) in [6, 6.07) is 19.1. The molecule has 1 aliphatic rings. The quantitative estimate of drug-likeness (QED) is 0.521. The van der Waals surface area contributed by atoms with Crippen LogP contribution in [0.2, 0.25) is 0 Å². The van der Waals surface area contributed by atoms with Gasteiger partial charge in [0.05, 0.1) is 7.11 Å². The van der Waals surface area contributed by atoms with Crippen molar-refractivity contribution in [2.45, 2.75) is 18.4 Å². The number of phenolic OH excluding ortho intramolecular Hbond substituents is 1. The average molecular weight is 433 g/mol. The molecule has 1 unspecified atom stereocenters. The van der Waals surface area contributed by atoms with E-state index in [0.29, 0.717) is 11.3 Å². The molecule has 0 fully saturated rings. The van der Waals surface area contributed by atoms with Crippen molar-refractivity contribution in [2.75, 3.05) is 13.7 Å². The van der Waals surface area contributed by atoms with Gasteiger partial charge in [-0.05, 0) is 33.9 Å². The summed E-state index contributed by atoms with van der Waals surface area (Å²) in [6.45, 7) is 0.0920. The van der Waals surface area contributed by atoms with Gasteiger partial charge in [-0.1, -0.05) is 54.6 Å². The molecular weight excluding hydrogens is 410 g/mol. The summed E-state index contributed by atoms with van der Waals surface area (Å²) < 4.78 is 10.6. The van der Waals surface area contributed by atoms with Crippen LogP contribution in [0.15, 0.2) is 66.7 Å². The number of ether oxygens (including phenoxy) is 2. The summed E-state index contributed by atoms with van der Waals surface area (Å²) in [4.78, 5) is 24.2. The van der Waals surface area contributed by atoms with Gasteiger partial charge in [0.1, 0.15) is 24.1 Å². The van der Waals surface area contributed by atoms with E-state index in [1.165, 1.54) is 19.2 Å². The summed E-state index contributed by atoms with van der Waals surface area (Å²) in [5, 5.41) is 21.6. The summed E-state index contributed by atoms with van der Waals surface area (Å²) >= 11 is 0. The third-order valence-electron chi connectivity index (χ3n) is 5.63. The molecule has 1 aliphatic carbocycles. The SMILES string of the molecule is COc1cc(O)ccc1CC(NC(=O)OCC1c2ccccc2-c2ccccc21)C(=O)O. The molecule has 0 saturated heterocycles. The normalized spacial score (nSPS) is 13.0. The van der Waals surface area contributed by atoms with Crippen LogP contribution in [0.3, 0.4) is 0 Å². The molecule has 0 heterocycles. The number of phenols is 1. The number of hydrogen-bond acceptors (Lipinski definition) is 5. The Balaban J connectivity index is 1.44. The molecule has 7 nitrogen and oxygen atoms in total. The number of aromatic hydroxyl groups is 1. The molecule has 0 saturated carbocycles. The fraction of sp³-hybridized carbons (Fsp3) is 0.200. The molecule has 7 heteroatoms. The van der Waals surface area contributed by atoms with Gasteiger partial charge in [-0.3, -0.25) is 0 Å². The third kappa shape index (κ3) is 4.23. The van der Waals surface area contributed by atoms with Gasteiger partial charge in [-0.2, -0.15) is 0 Å². The van der Waals surface area contributed by atoms with E-state index >= 15 is 0 Å². The summed E-state index contributed by atoms with van der Waals surface area (Å²) in [5.74, 6) is -0.977. The number of carbonyl (C=O) groups excluding carboxylic acids is 1. The summed E-state index contributed by atoms with van der Waals surface area (Å²) in [5.41, 5.74) is 4.91. The maximum Gasteiger partial charge on any atom is 0.407 e. The molecule has 0 aromatic heterocycles. The van der Waals surface area contributed by atoms with Crippen molar-refractivity contribution in [3.05, 3.63) is 83.4 Å². The molecule has 4 rings (SSSR count). The Morgan fingerprint density at radius 3 is 2.22 bits per heavy atom. The Morgan fingerprint density at radius 1 is 1.00 bits per heavy atom. The number of carbonyl (C=O) groups is 2. The van der Waals surface area contributed by atoms with Crippen molar-refractivity contribution in [3.8, 4) is 22.6 Å². The number of carboxylic acid groups (broad SMARTS) is 1. The van der Waals surface area contributed by atoms with Crippen molar-refractivity contribution in [3.63, 3.8) is 0 Å². The van der Waals surface area contributed by atoms with Crippen LogP contribution < -0.4 is 10.1 Å². The van der Waals surface area contributed by atoms with Crippen molar-refractivity contribution >= 4 is 12.1 Å². The van der Waals surface area contributed by atoms with E-state index in [-0.39, 0.29) is 24.7 Å². The van der Waals surface area contributed by atoms with Crippen LogP contribution in [0.4, 0.5) is 4.79 Å². The minimum Gasteiger partial charge on any atom is -0.508 e. The second-order valence-corrected chi connectivity index (χ2v) is 7.56. The summed E-state index contributed by atoms with van der Waals surface area (Å²) in [6.07, 6.45) is -0.833. The monoisotopic (exact) mass is 433 g/mol. The summed E-state index contributed by atoms with van der Waals surface area (Å²) in [7, 11) is 1.42. The molecule has 0 bridgehead atoms. The second kappa shape index (κ2) is 9.01. The van der Waals surface area contributed by atoms with E-state index in [9.17, 15) is 19.8 Å². The zero-order chi connectivity index (χ0) is 22.7. The first-order valence-corrected chi connectivity index (χ1v) is 10.2. The number of hydrogen-bond donors (Lipinski definition) is 3. The number of amides is 1. The van der Waals surface area contributed by atoms with Crippen LogP contribution in [-0.2, 0) is 16.0 Å². The molecule has 1 atom stereocenters. The van der Waals surface area contributed by atoms with Crippen LogP contribution in [0.1, 0.15) is 22.6 Å². The molecule has 1 amide bonds. The molecule has 3 N–H and O–H groups in total. The Labute approximate surface area is 185 Å². The predicted molar refractivity (Wildman–Crippen MR) is 118 cm³/mol. The third-order valence-corrected chi connectivity index (χ3v) is 5.63. The highest BCUT2D eigenvalue weighted by atomic mass is 16.5. The van der Waals surface area contributed by atoms with E-state index in [2.05, 4.69) is 5.32 Å². The zero-order valence-corrected chi connectivity index (χ0v) is 17.4. The number of fused-ring (bicyclic) bond motifs is 3. The van der Waals surface area contributed by atoms with Gasteiger partial charge >= 0.3 is 12.1 Å². The molecule has 164 valence electrons. The van der Waals surface area contributed by atoms with Gasteiger partial charge in [0.2, 0.25) is 0 Å². The zero-order valence-electron chi connectivity index (χ0n) is 17.4. The number of benzene rings is 3. The highest BCUT2D eigenvalue weighted by Crippen LogP contribution is 2.44. The van der Waals surface area contributed by atoms with Gasteiger partial charge in [-0.15, -0.1) is 0 Å². The first-order chi connectivity index (χ1) is 15.5. The lowest BCUT2D eigenvalue weighted by atomic mass is 9.98. The molecule has 0 spiro atoms. The van der Waals surface area contributed by atoms with E-state index in [4.69, 9.17) is 9.47 Å². The van der Waals surface area contributed by atoms with Crippen molar-refractivity contribution in [1.29, 1.82) is 0 Å². The van der Waals surface area contributed by atoms with Crippen LogP contribution in [0, 0.1) is 0 Å². The second-order valence-electron chi connectivity index (χ2n) is 7.56. The van der Waals surface area contributed by atoms with Crippen LogP contribution >= 0.6 is 0 Å². The largest absolute Gasteiger partial charge is 0.508 e. The standard InChI is InChI=1S/C25H23NO6/c1-31-23-13-16(27)11-10-15(23)12-22(24(28)29)26-25(30)32-14-21-19-8-4-2-6-17(19)18-7-3-5-9-20(18)21/h2-11,13,21-22,27H,12,14H2,1H3,(H,26,30)(H,28,29). The number of alkyl carbamates (subject to hydrolysis) is 1. The smallest absolute Gasteiger partial charge is 0.407 e. The van der Waals surface area contributed by atoms with Crippen molar-refractivity contribution < 1.29 is 29.3 Å². The van der Waals surface area contributed by atoms with E-state index in [0.717, 1.165) is 22.3 Å². The molecular formula is C25H23NO6. The average Bonchev–Trinajstić information content (AvgIpc) is 3.12. The first kappa shape index (κ1) is 21.2.